The number of thiocarbonyl (C=S) groups is 2. The lowest BCUT2D eigenvalue weighted by molar-refractivity contribution is 0.223. The van der Waals surface area contributed by atoms with E-state index in [-0.39, 0.29) is 12.3 Å². The van der Waals surface area contributed by atoms with Gasteiger partial charge in [-0.25, -0.2) is 0 Å². The first-order valence-corrected chi connectivity index (χ1v) is 11.7. The standard InChI is InChI=1S/C12H22N4S4.C3H3NS/c1-7-13-9(3)19-11(17)15(7)5-6-16-8(2)14-10(4)20-12(16)18;1-2-5-3-4-1/h7-10,13-14H,5-6H2,1-4H3;1-3H. The highest BCUT2D eigenvalue weighted by Crippen LogP contribution is 2.24. The molecule has 5 nitrogen and oxygen atoms in total. The molecule has 1 aromatic rings. The van der Waals surface area contributed by atoms with Gasteiger partial charge < -0.3 is 9.80 Å². The summed E-state index contributed by atoms with van der Waals surface area (Å²) in [5.41, 5.74) is 1.79. The zero-order chi connectivity index (χ0) is 18.4. The lowest BCUT2D eigenvalue weighted by atomic mass is 10.4. The van der Waals surface area contributed by atoms with Gasteiger partial charge in [-0.2, -0.15) is 0 Å². The van der Waals surface area contributed by atoms with Gasteiger partial charge in [-0.3, -0.25) is 15.6 Å². The number of thioether (sulfide) groups is 2. The van der Waals surface area contributed by atoms with Crippen LogP contribution in [0.5, 0.6) is 0 Å². The first-order chi connectivity index (χ1) is 11.9. The Labute approximate surface area is 173 Å². The maximum absolute atomic E-state index is 5.50. The van der Waals surface area contributed by atoms with E-state index < -0.39 is 0 Å². The third-order valence-corrected chi connectivity index (χ3v) is 7.26. The van der Waals surface area contributed by atoms with E-state index in [9.17, 15) is 0 Å². The van der Waals surface area contributed by atoms with Crippen LogP contribution in [0.3, 0.4) is 0 Å². The maximum atomic E-state index is 5.50. The SMILES string of the molecule is CC1NC(C)N(CCN2C(=S)SC(C)NC2C)C(=S)S1.c1cscn1. The van der Waals surface area contributed by atoms with Crippen molar-refractivity contribution in [3.8, 4) is 0 Å². The Morgan fingerprint density at radius 2 is 1.44 bits per heavy atom. The van der Waals surface area contributed by atoms with Crippen molar-refractivity contribution < 1.29 is 0 Å². The fourth-order valence-corrected chi connectivity index (χ4v) is 6.26. The molecule has 2 aliphatic heterocycles. The van der Waals surface area contributed by atoms with Crippen molar-refractivity contribution in [3.05, 3.63) is 17.1 Å². The second kappa shape index (κ2) is 10.4. The van der Waals surface area contributed by atoms with Crippen LogP contribution in [0.1, 0.15) is 27.7 Å². The summed E-state index contributed by atoms with van der Waals surface area (Å²) in [6.07, 6.45) is 2.34. The van der Waals surface area contributed by atoms with Crippen molar-refractivity contribution in [3.63, 3.8) is 0 Å². The second-order valence-electron chi connectivity index (χ2n) is 5.80. The third kappa shape index (κ3) is 6.60. The molecule has 3 heterocycles. The predicted octanol–water partition coefficient (Wildman–Crippen LogP) is 3.36. The molecule has 2 saturated heterocycles. The minimum absolute atomic E-state index is 0.284. The van der Waals surface area contributed by atoms with Crippen LogP contribution >= 0.6 is 59.3 Å². The maximum Gasteiger partial charge on any atom is 0.139 e. The van der Waals surface area contributed by atoms with Crippen LogP contribution in [0.15, 0.2) is 17.1 Å². The summed E-state index contributed by atoms with van der Waals surface area (Å²) in [5.74, 6) is 0. The summed E-state index contributed by atoms with van der Waals surface area (Å²) in [6, 6.07) is 0. The van der Waals surface area contributed by atoms with Crippen molar-refractivity contribution in [2.45, 2.75) is 50.8 Å². The van der Waals surface area contributed by atoms with Crippen molar-refractivity contribution in [2.75, 3.05) is 13.1 Å². The van der Waals surface area contributed by atoms with E-state index in [0.717, 1.165) is 21.7 Å². The number of thiazole rings is 1. The lowest BCUT2D eigenvalue weighted by Gasteiger charge is -2.43. The Kier molecular flexibility index (Phi) is 8.86. The van der Waals surface area contributed by atoms with Gasteiger partial charge in [0, 0.05) is 24.7 Å². The Bertz CT molecular complexity index is 501. The molecule has 140 valence electrons. The van der Waals surface area contributed by atoms with E-state index in [0.29, 0.717) is 10.7 Å². The van der Waals surface area contributed by atoms with Gasteiger partial charge in [-0.1, -0.05) is 48.0 Å². The average molecular weight is 436 g/mol. The highest BCUT2D eigenvalue weighted by atomic mass is 32.2. The molecule has 0 aromatic carbocycles. The minimum Gasteiger partial charge on any atom is -0.340 e. The molecular weight excluding hydrogens is 411 g/mol. The fourth-order valence-electron chi connectivity index (χ4n) is 2.64. The molecule has 4 unspecified atom stereocenters. The van der Waals surface area contributed by atoms with Gasteiger partial charge in [-0.05, 0) is 27.7 Å². The summed E-state index contributed by atoms with van der Waals surface area (Å²) < 4.78 is 1.96. The van der Waals surface area contributed by atoms with Gasteiger partial charge in [0.15, 0.2) is 0 Å². The summed E-state index contributed by atoms with van der Waals surface area (Å²) in [7, 11) is 0. The highest BCUT2D eigenvalue weighted by Gasteiger charge is 2.30. The number of nitrogens with one attached hydrogen (secondary N) is 2. The van der Waals surface area contributed by atoms with E-state index in [1.807, 2.05) is 5.38 Å². The molecule has 4 atom stereocenters. The molecule has 0 radical (unpaired) electrons. The van der Waals surface area contributed by atoms with Crippen LogP contribution < -0.4 is 10.6 Å². The van der Waals surface area contributed by atoms with Gasteiger partial charge in [0.2, 0.25) is 0 Å². The van der Waals surface area contributed by atoms with E-state index in [1.54, 1.807) is 46.6 Å². The topological polar surface area (TPSA) is 43.4 Å². The minimum atomic E-state index is 0.284. The van der Waals surface area contributed by atoms with Crippen molar-refractivity contribution >= 4 is 67.9 Å². The van der Waals surface area contributed by atoms with Crippen molar-refractivity contribution in [2.24, 2.45) is 0 Å². The molecule has 2 fully saturated rings. The molecule has 0 amide bonds. The Morgan fingerprint density at radius 1 is 0.960 bits per heavy atom. The monoisotopic (exact) mass is 435 g/mol. The molecule has 0 aliphatic carbocycles. The van der Waals surface area contributed by atoms with Gasteiger partial charge in [0.1, 0.15) is 8.64 Å². The molecule has 0 bridgehead atoms. The van der Waals surface area contributed by atoms with Gasteiger partial charge in [-0.15, -0.1) is 11.3 Å². The zero-order valence-corrected chi connectivity index (χ0v) is 18.9. The third-order valence-electron chi connectivity index (χ3n) is 3.84. The number of nitrogens with zero attached hydrogens (tertiary/aromatic N) is 3. The largest absolute Gasteiger partial charge is 0.340 e. The first kappa shape index (κ1) is 21.3. The quantitative estimate of drug-likeness (QED) is 0.696. The van der Waals surface area contributed by atoms with E-state index in [4.69, 9.17) is 24.4 Å². The van der Waals surface area contributed by atoms with E-state index >= 15 is 0 Å². The molecule has 3 rings (SSSR count). The molecule has 10 heteroatoms. The smallest absolute Gasteiger partial charge is 0.139 e. The number of rotatable bonds is 3. The average Bonchev–Trinajstić information content (AvgIpc) is 3.07. The molecule has 2 aliphatic rings. The van der Waals surface area contributed by atoms with Crippen LogP contribution in [0.4, 0.5) is 0 Å². The predicted molar refractivity (Wildman–Crippen MR) is 120 cm³/mol. The first-order valence-electron chi connectivity index (χ1n) is 8.17. The van der Waals surface area contributed by atoms with Gasteiger partial charge in [0.05, 0.1) is 28.6 Å². The normalized spacial score (nSPS) is 30.1. The van der Waals surface area contributed by atoms with Crippen LogP contribution in [-0.2, 0) is 0 Å². The summed E-state index contributed by atoms with van der Waals surface area (Å²) >= 11 is 16.0. The van der Waals surface area contributed by atoms with Crippen LogP contribution in [0.25, 0.3) is 0 Å². The Morgan fingerprint density at radius 3 is 1.72 bits per heavy atom. The Balaban J connectivity index is 0.000000386. The van der Waals surface area contributed by atoms with Gasteiger partial charge in [0.25, 0.3) is 0 Å². The number of aromatic nitrogens is 1. The summed E-state index contributed by atoms with van der Waals surface area (Å²) in [5, 5.41) is 9.72. The Hall–Kier alpha value is 0.0300. The molecular formula is C15H25N5S5. The number of hydrogen-bond donors (Lipinski definition) is 2. The molecule has 2 N–H and O–H groups in total. The lowest BCUT2D eigenvalue weighted by Crippen LogP contribution is -2.58. The zero-order valence-electron chi connectivity index (χ0n) is 14.8. The summed E-state index contributed by atoms with van der Waals surface area (Å²) in [4.78, 5) is 8.24. The molecule has 0 spiro atoms. The van der Waals surface area contributed by atoms with Crippen molar-refractivity contribution in [1.29, 1.82) is 0 Å². The summed E-state index contributed by atoms with van der Waals surface area (Å²) in [6.45, 7) is 10.4. The van der Waals surface area contributed by atoms with E-state index in [2.05, 4.69) is 53.1 Å². The molecule has 1 aromatic heterocycles. The molecule has 0 saturated carbocycles. The highest BCUT2D eigenvalue weighted by molar-refractivity contribution is 8.23. The van der Waals surface area contributed by atoms with Gasteiger partial charge >= 0.3 is 0 Å². The van der Waals surface area contributed by atoms with Crippen LogP contribution in [0.2, 0.25) is 0 Å². The van der Waals surface area contributed by atoms with Crippen LogP contribution in [-0.4, -0.2) is 59.6 Å². The fraction of sp³-hybridized carbons (Fsp3) is 0.667. The second-order valence-corrected chi connectivity index (χ2v) is 10.5. The molecule has 25 heavy (non-hydrogen) atoms. The number of hydrogen-bond acceptors (Lipinski definition) is 8. The van der Waals surface area contributed by atoms with Crippen LogP contribution in [0, 0.1) is 0 Å². The van der Waals surface area contributed by atoms with E-state index in [1.165, 1.54) is 0 Å². The van der Waals surface area contributed by atoms with Crippen molar-refractivity contribution in [1.82, 2.24) is 25.4 Å².